The van der Waals surface area contributed by atoms with E-state index in [1.165, 1.54) is 0 Å². The second-order valence-electron chi connectivity index (χ2n) is 5.15. The molecule has 0 spiro atoms. The van der Waals surface area contributed by atoms with E-state index in [0.717, 1.165) is 51.4 Å². The van der Waals surface area contributed by atoms with Crippen molar-refractivity contribution in [2.45, 2.75) is 77.0 Å². The molecule has 0 saturated carbocycles. The zero-order valence-electron chi connectivity index (χ0n) is 12.1. The topological polar surface area (TPSA) is 91.7 Å². The standard InChI is InChI=1S/C15H26O5/c16-13(11-12-15(19)20)9-7-5-3-1-2-4-6-8-10-14(17)18/h1-12H2,(H,17,18)(H,19,20). The van der Waals surface area contributed by atoms with Crippen molar-refractivity contribution in [1.82, 2.24) is 0 Å². The Morgan fingerprint density at radius 1 is 0.500 bits per heavy atom. The molecule has 0 atom stereocenters. The van der Waals surface area contributed by atoms with Gasteiger partial charge in [0.05, 0.1) is 6.42 Å². The van der Waals surface area contributed by atoms with E-state index in [1.54, 1.807) is 0 Å². The van der Waals surface area contributed by atoms with Crippen LogP contribution in [0.1, 0.15) is 77.0 Å². The van der Waals surface area contributed by atoms with Crippen LogP contribution >= 0.6 is 0 Å². The van der Waals surface area contributed by atoms with Crippen LogP contribution in [-0.4, -0.2) is 27.9 Å². The van der Waals surface area contributed by atoms with Crippen LogP contribution in [0, 0.1) is 0 Å². The third kappa shape index (κ3) is 14.7. The van der Waals surface area contributed by atoms with Gasteiger partial charge in [-0.1, -0.05) is 38.5 Å². The Kier molecular flexibility index (Phi) is 11.8. The molecular formula is C15H26O5. The van der Waals surface area contributed by atoms with Crippen molar-refractivity contribution < 1.29 is 24.6 Å². The molecule has 0 rings (SSSR count). The van der Waals surface area contributed by atoms with Crippen molar-refractivity contribution in [2.75, 3.05) is 0 Å². The minimum Gasteiger partial charge on any atom is -0.481 e. The van der Waals surface area contributed by atoms with Gasteiger partial charge in [0.25, 0.3) is 0 Å². The van der Waals surface area contributed by atoms with Crippen molar-refractivity contribution in [3.05, 3.63) is 0 Å². The number of Topliss-reactive ketones (excluding diaryl/α,β-unsaturated/α-hetero) is 1. The lowest BCUT2D eigenvalue weighted by molar-refractivity contribution is -0.138. The van der Waals surface area contributed by atoms with Crippen LogP contribution in [-0.2, 0) is 14.4 Å². The van der Waals surface area contributed by atoms with E-state index in [4.69, 9.17) is 10.2 Å². The fraction of sp³-hybridized carbons (Fsp3) is 0.800. The number of carboxylic acid groups (broad SMARTS) is 2. The van der Waals surface area contributed by atoms with Crippen molar-refractivity contribution in [1.29, 1.82) is 0 Å². The van der Waals surface area contributed by atoms with Gasteiger partial charge in [0.15, 0.2) is 0 Å². The maximum atomic E-state index is 11.3. The maximum Gasteiger partial charge on any atom is 0.303 e. The van der Waals surface area contributed by atoms with Gasteiger partial charge in [-0.25, -0.2) is 0 Å². The molecule has 116 valence electrons. The normalized spacial score (nSPS) is 10.4. The number of carboxylic acids is 2. The van der Waals surface area contributed by atoms with E-state index in [1.807, 2.05) is 0 Å². The largest absolute Gasteiger partial charge is 0.481 e. The number of hydrogen-bond donors (Lipinski definition) is 2. The molecule has 2 N–H and O–H groups in total. The number of carbonyl (C=O) groups is 3. The molecule has 0 aromatic carbocycles. The monoisotopic (exact) mass is 286 g/mol. The highest BCUT2D eigenvalue weighted by atomic mass is 16.4. The minimum atomic E-state index is -0.916. The SMILES string of the molecule is O=C(O)CCCCCCCCCCC(=O)CCC(=O)O. The summed E-state index contributed by atoms with van der Waals surface area (Å²) in [6.45, 7) is 0. The third-order valence-corrected chi connectivity index (χ3v) is 3.21. The van der Waals surface area contributed by atoms with E-state index in [2.05, 4.69) is 0 Å². The molecule has 0 aromatic heterocycles. The first kappa shape index (κ1) is 18.6. The van der Waals surface area contributed by atoms with Crippen LogP contribution < -0.4 is 0 Å². The highest BCUT2D eigenvalue weighted by Gasteiger charge is 2.05. The Morgan fingerprint density at radius 2 is 0.900 bits per heavy atom. The van der Waals surface area contributed by atoms with Crippen molar-refractivity contribution >= 4 is 17.7 Å². The van der Waals surface area contributed by atoms with Gasteiger partial charge in [0.2, 0.25) is 0 Å². The van der Waals surface area contributed by atoms with Gasteiger partial charge in [0.1, 0.15) is 5.78 Å². The Hall–Kier alpha value is -1.39. The van der Waals surface area contributed by atoms with Gasteiger partial charge in [-0.15, -0.1) is 0 Å². The highest BCUT2D eigenvalue weighted by molar-refractivity contribution is 5.82. The summed E-state index contributed by atoms with van der Waals surface area (Å²) in [6, 6.07) is 0. The van der Waals surface area contributed by atoms with E-state index in [-0.39, 0.29) is 25.0 Å². The molecule has 5 nitrogen and oxygen atoms in total. The number of carbonyl (C=O) groups excluding carboxylic acids is 1. The van der Waals surface area contributed by atoms with Crippen LogP contribution in [0.15, 0.2) is 0 Å². The summed E-state index contributed by atoms with van der Waals surface area (Å²) >= 11 is 0. The smallest absolute Gasteiger partial charge is 0.303 e. The fourth-order valence-corrected chi connectivity index (χ4v) is 2.03. The molecule has 0 aromatic rings. The summed E-state index contributed by atoms with van der Waals surface area (Å²) in [5.41, 5.74) is 0. The van der Waals surface area contributed by atoms with Crippen LogP contribution in [0.3, 0.4) is 0 Å². The molecular weight excluding hydrogens is 260 g/mol. The first-order chi connectivity index (χ1) is 9.52. The molecule has 0 heterocycles. The van der Waals surface area contributed by atoms with Crippen molar-refractivity contribution in [3.8, 4) is 0 Å². The number of rotatable bonds is 14. The molecule has 0 saturated heterocycles. The summed E-state index contributed by atoms with van der Waals surface area (Å²) in [4.78, 5) is 31.9. The molecule has 0 aliphatic carbocycles. The van der Waals surface area contributed by atoms with Gasteiger partial charge in [-0.3, -0.25) is 14.4 Å². The molecule has 0 radical (unpaired) electrons. The number of unbranched alkanes of at least 4 members (excludes halogenated alkanes) is 7. The molecule has 5 heteroatoms. The van der Waals surface area contributed by atoms with E-state index in [9.17, 15) is 14.4 Å². The molecule has 0 amide bonds. The van der Waals surface area contributed by atoms with Crippen molar-refractivity contribution in [3.63, 3.8) is 0 Å². The Morgan fingerprint density at radius 3 is 1.35 bits per heavy atom. The molecule has 0 fully saturated rings. The predicted molar refractivity (Wildman–Crippen MR) is 75.7 cm³/mol. The van der Waals surface area contributed by atoms with Crippen LogP contribution in [0.25, 0.3) is 0 Å². The Labute approximate surface area is 120 Å². The van der Waals surface area contributed by atoms with E-state index in [0.29, 0.717) is 6.42 Å². The average Bonchev–Trinajstić information content (AvgIpc) is 2.38. The lowest BCUT2D eigenvalue weighted by Crippen LogP contribution is -2.02. The summed E-state index contributed by atoms with van der Waals surface area (Å²) in [7, 11) is 0. The average molecular weight is 286 g/mol. The summed E-state index contributed by atoms with van der Waals surface area (Å²) in [5, 5.41) is 16.9. The van der Waals surface area contributed by atoms with Gasteiger partial charge in [-0.2, -0.15) is 0 Å². The number of ketones is 1. The minimum absolute atomic E-state index is 0.0427. The molecule has 0 aliphatic heterocycles. The fourth-order valence-electron chi connectivity index (χ4n) is 2.03. The second-order valence-corrected chi connectivity index (χ2v) is 5.15. The number of aliphatic carboxylic acids is 2. The summed E-state index contributed by atoms with van der Waals surface area (Å²) in [6.07, 6.45) is 8.83. The van der Waals surface area contributed by atoms with Crippen LogP contribution in [0.4, 0.5) is 0 Å². The van der Waals surface area contributed by atoms with Crippen LogP contribution in [0.2, 0.25) is 0 Å². The summed E-state index contributed by atoms with van der Waals surface area (Å²) in [5.74, 6) is -1.60. The first-order valence-electron chi connectivity index (χ1n) is 7.47. The molecule has 0 unspecified atom stereocenters. The zero-order valence-corrected chi connectivity index (χ0v) is 12.1. The Balaban J connectivity index is 3.18. The first-order valence-corrected chi connectivity index (χ1v) is 7.47. The van der Waals surface area contributed by atoms with Gasteiger partial charge in [0, 0.05) is 19.3 Å². The van der Waals surface area contributed by atoms with E-state index >= 15 is 0 Å². The van der Waals surface area contributed by atoms with E-state index < -0.39 is 11.9 Å². The molecule has 0 bridgehead atoms. The number of hydrogen-bond acceptors (Lipinski definition) is 3. The quantitative estimate of drug-likeness (QED) is 0.477. The lowest BCUT2D eigenvalue weighted by Gasteiger charge is -2.02. The summed E-state index contributed by atoms with van der Waals surface area (Å²) < 4.78 is 0. The van der Waals surface area contributed by atoms with Gasteiger partial charge >= 0.3 is 11.9 Å². The molecule has 0 aliphatic rings. The molecule has 20 heavy (non-hydrogen) atoms. The van der Waals surface area contributed by atoms with Gasteiger partial charge in [-0.05, 0) is 12.8 Å². The second kappa shape index (κ2) is 12.6. The van der Waals surface area contributed by atoms with Crippen LogP contribution in [0.5, 0.6) is 0 Å². The predicted octanol–water partition coefficient (Wildman–Crippen LogP) is 3.41. The van der Waals surface area contributed by atoms with Crippen molar-refractivity contribution in [2.24, 2.45) is 0 Å². The lowest BCUT2D eigenvalue weighted by atomic mass is 10.0. The van der Waals surface area contributed by atoms with Gasteiger partial charge < -0.3 is 10.2 Å². The Bertz CT molecular complexity index is 299. The maximum absolute atomic E-state index is 11.3. The highest BCUT2D eigenvalue weighted by Crippen LogP contribution is 2.11. The zero-order chi connectivity index (χ0) is 15.2. The third-order valence-electron chi connectivity index (χ3n) is 3.21.